The number of amides is 2. The molecule has 0 radical (unpaired) electrons. The Kier molecular flexibility index (Phi) is 6.67. The molecule has 0 saturated carbocycles. The Morgan fingerprint density at radius 3 is 2.39 bits per heavy atom. The largest absolute Gasteiger partial charge is 0.378 e. The molecule has 0 atom stereocenters. The maximum atomic E-state index is 11.8. The smallest absolute Gasteiger partial charge is 0.312 e. The van der Waals surface area contributed by atoms with E-state index in [1.54, 1.807) is 0 Å². The molecule has 0 unspecified atom stereocenters. The number of carbonyl (C=O) groups is 2. The molecule has 1 aliphatic rings. The number of hydrogen-bond acceptors (Lipinski definition) is 4. The zero-order valence-corrected chi connectivity index (χ0v) is 11.3. The summed E-state index contributed by atoms with van der Waals surface area (Å²) in [6.45, 7) is 9.36. The van der Waals surface area contributed by atoms with Gasteiger partial charge in [-0.05, 0) is 13.1 Å². The van der Waals surface area contributed by atoms with E-state index in [1.807, 2.05) is 0 Å². The summed E-state index contributed by atoms with van der Waals surface area (Å²) in [5, 5.41) is 2.67. The fraction of sp³-hybridized carbons (Fsp3) is 0.833. The molecule has 1 aliphatic heterocycles. The first-order valence-electron chi connectivity index (χ1n) is 6.56. The molecule has 0 aliphatic carbocycles. The van der Waals surface area contributed by atoms with Crippen LogP contribution in [0.4, 0.5) is 0 Å². The van der Waals surface area contributed by atoms with Gasteiger partial charge in [-0.25, -0.2) is 0 Å². The van der Waals surface area contributed by atoms with Gasteiger partial charge >= 0.3 is 11.8 Å². The molecular weight excluding hydrogens is 234 g/mol. The van der Waals surface area contributed by atoms with Crippen molar-refractivity contribution >= 4 is 11.8 Å². The summed E-state index contributed by atoms with van der Waals surface area (Å²) >= 11 is 0. The van der Waals surface area contributed by atoms with Crippen molar-refractivity contribution < 1.29 is 14.3 Å². The van der Waals surface area contributed by atoms with Crippen molar-refractivity contribution in [2.24, 2.45) is 0 Å². The average molecular weight is 257 g/mol. The molecule has 6 heteroatoms. The molecule has 1 fully saturated rings. The molecule has 6 nitrogen and oxygen atoms in total. The Morgan fingerprint density at radius 1 is 1.22 bits per heavy atom. The maximum Gasteiger partial charge on any atom is 0.312 e. The van der Waals surface area contributed by atoms with Crippen LogP contribution in [-0.2, 0) is 14.3 Å². The lowest BCUT2D eigenvalue weighted by molar-refractivity contribution is -0.148. The SMILES string of the molecule is CCN(CC)CCNC(=O)C(=O)N1CCOCC1. The summed E-state index contributed by atoms with van der Waals surface area (Å²) in [5.74, 6) is -0.957. The molecule has 2 amide bonds. The van der Waals surface area contributed by atoms with Gasteiger partial charge in [-0.2, -0.15) is 0 Å². The lowest BCUT2D eigenvalue weighted by Gasteiger charge is -2.26. The highest BCUT2D eigenvalue weighted by molar-refractivity contribution is 6.35. The molecule has 0 spiro atoms. The topological polar surface area (TPSA) is 61.9 Å². The minimum atomic E-state index is -0.510. The summed E-state index contributed by atoms with van der Waals surface area (Å²) in [4.78, 5) is 27.1. The van der Waals surface area contributed by atoms with Crippen LogP contribution < -0.4 is 5.32 Å². The normalized spacial score (nSPS) is 15.8. The van der Waals surface area contributed by atoms with E-state index < -0.39 is 11.8 Å². The highest BCUT2D eigenvalue weighted by atomic mass is 16.5. The molecular formula is C12H23N3O3. The van der Waals surface area contributed by atoms with Crippen molar-refractivity contribution in [2.45, 2.75) is 13.8 Å². The molecule has 0 aromatic heterocycles. The quantitative estimate of drug-likeness (QED) is 0.662. The van der Waals surface area contributed by atoms with E-state index in [-0.39, 0.29) is 0 Å². The molecule has 1 saturated heterocycles. The number of hydrogen-bond donors (Lipinski definition) is 1. The molecule has 0 aromatic carbocycles. The second-order valence-corrected chi connectivity index (χ2v) is 4.19. The molecule has 104 valence electrons. The Bertz CT molecular complexity index is 274. The maximum absolute atomic E-state index is 11.8. The zero-order valence-electron chi connectivity index (χ0n) is 11.3. The van der Waals surface area contributed by atoms with E-state index in [2.05, 4.69) is 24.1 Å². The van der Waals surface area contributed by atoms with Crippen LogP contribution in [0.3, 0.4) is 0 Å². The first-order valence-corrected chi connectivity index (χ1v) is 6.56. The van der Waals surface area contributed by atoms with Crippen LogP contribution in [0.15, 0.2) is 0 Å². The number of nitrogens with one attached hydrogen (secondary N) is 1. The third-order valence-electron chi connectivity index (χ3n) is 3.10. The average Bonchev–Trinajstić information content (AvgIpc) is 2.43. The second-order valence-electron chi connectivity index (χ2n) is 4.19. The summed E-state index contributed by atoms with van der Waals surface area (Å²) < 4.78 is 5.14. The molecule has 1 heterocycles. The van der Waals surface area contributed by atoms with Gasteiger partial charge in [0.1, 0.15) is 0 Å². The van der Waals surface area contributed by atoms with Gasteiger partial charge in [-0.15, -0.1) is 0 Å². The lowest BCUT2D eigenvalue weighted by atomic mass is 10.3. The standard InChI is InChI=1S/C12H23N3O3/c1-3-14(4-2)6-5-13-11(16)12(17)15-7-9-18-10-8-15/h3-10H2,1-2H3,(H,13,16). The first kappa shape index (κ1) is 14.9. The van der Waals surface area contributed by atoms with Crippen LogP contribution >= 0.6 is 0 Å². The van der Waals surface area contributed by atoms with Crippen molar-refractivity contribution in [3.63, 3.8) is 0 Å². The van der Waals surface area contributed by atoms with Gasteiger partial charge in [0.05, 0.1) is 13.2 Å². The minimum Gasteiger partial charge on any atom is -0.378 e. The Labute approximate surface area is 108 Å². The van der Waals surface area contributed by atoms with Crippen molar-refractivity contribution in [2.75, 3.05) is 52.5 Å². The van der Waals surface area contributed by atoms with E-state index in [9.17, 15) is 9.59 Å². The first-order chi connectivity index (χ1) is 8.69. The van der Waals surface area contributed by atoms with Crippen LogP contribution in [0.2, 0.25) is 0 Å². The number of ether oxygens (including phenoxy) is 1. The molecule has 18 heavy (non-hydrogen) atoms. The number of nitrogens with zero attached hydrogens (tertiary/aromatic N) is 2. The van der Waals surface area contributed by atoms with Gasteiger partial charge in [0.15, 0.2) is 0 Å². The molecule has 1 N–H and O–H groups in total. The number of rotatable bonds is 5. The lowest BCUT2D eigenvalue weighted by Crippen LogP contribution is -2.48. The van der Waals surface area contributed by atoms with E-state index >= 15 is 0 Å². The van der Waals surface area contributed by atoms with Crippen molar-refractivity contribution in [1.29, 1.82) is 0 Å². The number of likely N-dealkylation sites (N-methyl/N-ethyl adjacent to an activating group) is 1. The minimum absolute atomic E-state index is 0.446. The van der Waals surface area contributed by atoms with Crippen LogP contribution in [0, 0.1) is 0 Å². The summed E-state index contributed by atoms with van der Waals surface area (Å²) in [6.07, 6.45) is 0. The summed E-state index contributed by atoms with van der Waals surface area (Å²) in [5.41, 5.74) is 0. The fourth-order valence-corrected chi connectivity index (χ4v) is 1.85. The van der Waals surface area contributed by atoms with Crippen LogP contribution in [0.25, 0.3) is 0 Å². The van der Waals surface area contributed by atoms with Crippen molar-refractivity contribution in [3.05, 3.63) is 0 Å². The highest BCUT2D eigenvalue weighted by Gasteiger charge is 2.23. The second kappa shape index (κ2) is 8.05. The van der Waals surface area contributed by atoms with E-state index in [0.29, 0.717) is 32.8 Å². The third-order valence-corrected chi connectivity index (χ3v) is 3.10. The Morgan fingerprint density at radius 2 is 1.83 bits per heavy atom. The zero-order chi connectivity index (χ0) is 13.4. The van der Waals surface area contributed by atoms with Crippen molar-refractivity contribution in [3.8, 4) is 0 Å². The van der Waals surface area contributed by atoms with Gasteiger partial charge in [-0.3, -0.25) is 9.59 Å². The predicted octanol–water partition coefficient (Wildman–Crippen LogP) is -0.697. The molecule has 0 aromatic rings. The van der Waals surface area contributed by atoms with E-state index in [0.717, 1.165) is 19.6 Å². The Hall–Kier alpha value is -1.14. The predicted molar refractivity (Wildman–Crippen MR) is 68.2 cm³/mol. The van der Waals surface area contributed by atoms with Gasteiger partial charge in [-0.1, -0.05) is 13.8 Å². The summed E-state index contributed by atoms with van der Waals surface area (Å²) in [7, 11) is 0. The van der Waals surface area contributed by atoms with E-state index in [4.69, 9.17) is 4.74 Å². The van der Waals surface area contributed by atoms with Gasteiger partial charge in [0.25, 0.3) is 0 Å². The van der Waals surface area contributed by atoms with E-state index in [1.165, 1.54) is 4.90 Å². The van der Waals surface area contributed by atoms with Crippen molar-refractivity contribution in [1.82, 2.24) is 15.1 Å². The fourth-order valence-electron chi connectivity index (χ4n) is 1.85. The molecule has 1 rings (SSSR count). The van der Waals surface area contributed by atoms with Gasteiger partial charge in [0, 0.05) is 26.2 Å². The third kappa shape index (κ3) is 4.62. The highest BCUT2D eigenvalue weighted by Crippen LogP contribution is 1.97. The molecule has 0 bridgehead atoms. The number of morpholine rings is 1. The monoisotopic (exact) mass is 257 g/mol. The van der Waals surface area contributed by atoms with Crippen LogP contribution in [0.5, 0.6) is 0 Å². The Balaban J connectivity index is 2.25. The van der Waals surface area contributed by atoms with Crippen LogP contribution in [0.1, 0.15) is 13.8 Å². The van der Waals surface area contributed by atoms with Gasteiger partial charge in [0.2, 0.25) is 0 Å². The van der Waals surface area contributed by atoms with Crippen LogP contribution in [-0.4, -0.2) is 74.1 Å². The summed E-state index contributed by atoms with van der Waals surface area (Å²) in [6, 6.07) is 0. The van der Waals surface area contributed by atoms with Gasteiger partial charge < -0.3 is 19.9 Å². The number of carbonyl (C=O) groups excluding carboxylic acids is 2.